The third-order valence-corrected chi connectivity index (χ3v) is 3.42. The normalized spacial score (nSPS) is 11.5. The largest absolute Gasteiger partial charge is 0.416 e. The summed E-state index contributed by atoms with van der Waals surface area (Å²) in [5, 5.41) is 13.4. The molecule has 2 rings (SSSR count). The fraction of sp³-hybridized carbons (Fsp3) is 0.118. The molecule has 0 aromatic heterocycles. The summed E-state index contributed by atoms with van der Waals surface area (Å²) in [6, 6.07) is 8.61. The van der Waals surface area contributed by atoms with E-state index in [1.54, 1.807) is 0 Å². The quantitative estimate of drug-likeness (QED) is 0.499. The van der Waals surface area contributed by atoms with Gasteiger partial charge >= 0.3 is 6.18 Å². The molecular formula is C17H13F3N2O3. The van der Waals surface area contributed by atoms with Crippen molar-refractivity contribution in [2.75, 3.05) is 5.32 Å². The second-order valence-electron chi connectivity index (χ2n) is 5.15. The lowest BCUT2D eigenvalue weighted by Crippen LogP contribution is -2.09. The molecule has 2 aromatic carbocycles. The Morgan fingerprint density at radius 1 is 1.16 bits per heavy atom. The van der Waals surface area contributed by atoms with Crippen molar-refractivity contribution in [2.24, 2.45) is 0 Å². The second kappa shape index (κ2) is 7.16. The molecule has 0 aliphatic rings. The van der Waals surface area contributed by atoms with Crippen LogP contribution in [-0.2, 0) is 11.0 Å². The maximum absolute atomic E-state index is 12.5. The Bertz CT molecular complexity index is 828. The molecule has 0 radical (unpaired) electrons. The van der Waals surface area contributed by atoms with Crippen molar-refractivity contribution < 1.29 is 22.9 Å². The first kappa shape index (κ1) is 18.2. The maximum Gasteiger partial charge on any atom is 0.416 e. The smallest absolute Gasteiger partial charge is 0.322 e. The molecule has 8 heteroatoms. The summed E-state index contributed by atoms with van der Waals surface area (Å²) in [6.07, 6.45) is -1.93. The van der Waals surface area contributed by atoms with Gasteiger partial charge in [0.05, 0.1) is 21.7 Å². The number of nitro groups is 1. The monoisotopic (exact) mass is 350 g/mol. The standard InChI is InChI=1S/C17H13F3N2O3/c1-11-14(3-2-4-15(11)22(24)25)21-16(23)10-7-12-5-8-13(9-6-12)17(18,19)20/h2-10H,1H3,(H,21,23)/b10-7+. The van der Waals surface area contributed by atoms with E-state index in [4.69, 9.17) is 0 Å². The zero-order chi connectivity index (χ0) is 18.6. The molecular weight excluding hydrogens is 337 g/mol. The molecule has 0 aliphatic carbocycles. The van der Waals surface area contributed by atoms with Crippen molar-refractivity contribution in [3.63, 3.8) is 0 Å². The van der Waals surface area contributed by atoms with Crippen LogP contribution in [0.5, 0.6) is 0 Å². The number of nitro benzene ring substituents is 1. The number of nitrogens with one attached hydrogen (secondary N) is 1. The van der Waals surface area contributed by atoms with Gasteiger partial charge in [0.2, 0.25) is 5.91 Å². The number of nitrogens with zero attached hydrogens (tertiary/aromatic N) is 1. The number of carbonyl (C=O) groups is 1. The number of amides is 1. The fourth-order valence-electron chi connectivity index (χ4n) is 2.09. The highest BCUT2D eigenvalue weighted by molar-refractivity contribution is 6.02. The summed E-state index contributed by atoms with van der Waals surface area (Å²) in [5.41, 5.74) is 0.116. The van der Waals surface area contributed by atoms with Crippen LogP contribution in [0.2, 0.25) is 0 Å². The first-order chi connectivity index (χ1) is 11.7. The summed E-state index contributed by atoms with van der Waals surface area (Å²) in [4.78, 5) is 22.2. The summed E-state index contributed by atoms with van der Waals surface area (Å²) in [5.74, 6) is -0.552. The zero-order valence-electron chi connectivity index (χ0n) is 13.0. The second-order valence-corrected chi connectivity index (χ2v) is 5.15. The molecule has 0 saturated heterocycles. The van der Waals surface area contributed by atoms with E-state index in [2.05, 4.69) is 5.32 Å². The minimum Gasteiger partial charge on any atom is -0.322 e. The van der Waals surface area contributed by atoms with E-state index in [0.717, 1.165) is 18.2 Å². The minimum absolute atomic E-state index is 0.121. The van der Waals surface area contributed by atoms with Crippen molar-refractivity contribution in [1.82, 2.24) is 0 Å². The van der Waals surface area contributed by atoms with E-state index >= 15 is 0 Å². The predicted molar refractivity (Wildman–Crippen MR) is 86.9 cm³/mol. The first-order valence-electron chi connectivity index (χ1n) is 7.09. The van der Waals surface area contributed by atoms with Gasteiger partial charge in [0.15, 0.2) is 0 Å². The molecule has 0 aliphatic heterocycles. The third-order valence-electron chi connectivity index (χ3n) is 3.42. The number of benzene rings is 2. The number of alkyl halides is 3. The van der Waals surface area contributed by atoms with Gasteiger partial charge in [-0.15, -0.1) is 0 Å². The molecule has 0 fully saturated rings. The van der Waals surface area contributed by atoms with Crippen LogP contribution < -0.4 is 5.32 Å². The number of carbonyl (C=O) groups excluding carboxylic acids is 1. The summed E-state index contributed by atoms with van der Waals surface area (Å²) >= 11 is 0. The van der Waals surface area contributed by atoms with Crippen LogP contribution in [0.4, 0.5) is 24.5 Å². The van der Waals surface area contributed by atoms with Gasteiger partial charge in [-0.25, -0.2) is 0 Å². The Morgan fingerprint density at radius 3 is 2.36 bits per heavy atom. The lowest BCUT2D eigenvalue weighted by molar-refractivity contribution is -0.385. The number of rotatable bonds is 4. The Kier molecular flexibility index (Phi) is 5.21. The van der Waals surface area contributed by atoms with Crippen LogP contribution in [0.1, 0.15) is 16.7 Å². The number of anilines is 1. The maximum atomic E-state index is 12.5. The van der Waals surface area contributed by atoms with Gasteiger partial charge in [0, 0.05) is 12.1 Å². The molecule has 1 amide bonds. The summed E-state index contributed by atoms with van der Waals surface area (Å²) in [6.45, 7) is 1.51. The van der Waals surface area contributed by atoms with E-state index in [9.17, 15) is 28.1 Å². The molecule has 0 spiro atoms. The van der Waals surface area contributed by atoms with E-state index in [0.29, 0.717) is 11.1 Å². The van der Waals surface area contributed by atoms with E-state index in [1.165, 1.54) is 43.3 Å². The molecule has 0 heterocycles. The number of hydrogen-bond acceptors (Lipinski definition) is 3. The molecule has 0 saturated carbocycles. The Hall–Kier alpha value is -3.16. The van der Waals surface area contributed by atoms with Gasteiger partial charge in [0.25, 0.3) is 5.69 Å². The Balaban J connectivity index is 2.09. The van der Waals surface area contributed by atoms with E-state index in [-0.39, 0.29) is 11.4 Å². The fourth-order valence-corrected chi connectivity index (χ4v) is 2.09. The molecule has 0 unspecified atom stereocenters. The lowest BCUT2D eigenvalue weighted by atomic mass is 10.1. The SMILES string of the molecule is Cc1c(NC(=O)/C=C/c2ccc(C(F)(F)F)cc2)cccc1[N+](=O)[O-]. The molecule has 130 valence electrons. The topological polar surface area (TPSA) is 72.2 Å². The van der Waals surface area contributed by atoms with Gasteiger partial charge < -0.3 is 5.32 Å². The average Bonchev–Trinajstić information content (AvgIpc) is 2.54. The molecule has 5 nitrogen and oxygen atoms in total. The molecule has 0 bridgehead atoms. The lowest BCUT2D eigenvalue weighted by Gasteiger charge is -2.07. The first-order valence-corrected chi connectivity index (χ1v) is 7.09. The number of halogens is 3. The Labute approximate surface area is 140 Å². The minimum atomic E-state index is -4.42. The van der Waals surface area contributed by atoms with Crippen LogP contribution in [0, 0.1) is 17.0 Å². The van der Waals surface area contributed by atoms with Crippen molar-refractivity contribution in [3.8, 4) is 0 Å². The Morgan fingerprint density at radius 2 is 1.80 bits per heavy atom. The zero-order valence-corrected chi connectivity index (χ0v) is 13.0. The molecule has 0 atom stereocenters. The van der Waals surface area contributed by atoms with Crippen molar-refractivity contribution in [1.29, 1.82) is 0 Å². The van der Waals surface area contributed by atoms with Crippen LogP contribution in [0.15, 0.2) is 48.5 Å². The van der Waals surface area contributed by atoms with Crippen molar-refractivity contribution in [3.05, 3.63) is 75.3 Å². The van der Waals surface area contributed by atoms with Gasteiger partial charge in [-0.2, -0.15) is 13.2 Å². The summed E-state index contributed by atoms with van der Waals surface area (Å²) < 4.78 is 37.4. The molecule has 2 aromatic rings. The van der Waals surface area contributed by atoms with E-state index in [1.807, 2.05) is 0 Å². The predicted octanol–water partition coefficient (Wildman–Crippen LogP) is 4.57. The van der Waals surface area contributed by atoms with Crippen molar-refractivity contribution >= 4 is 23.4 Å². The van der Waals surface area contributed by atoms with Crippen LogP contribution in [0.25, 0.3) is 6.08 Å². The van der Waals surface area contributed by atoms with E-state index < -0.39 is 22.6 Å². The van der Waals surface area contributed by atoms with Crippen molar-refractivity contribution in [2.45, 2.75) is 13.1 Å². The highest BCUT2D eigenvalue weighted by Crippen LogP contribution is 2.29. The molecule has 1 N–H and O–H groups in total. The number of hydrogen-bond donors (Lipinski definition) is 1. The molecule has 25 heavy (non-hydrogen) atoms. The van der Waals surface area contributed by atoms with Crippen LogP contribution >= 0.6 is 0 Å². The highest BCUT2D eigenvalue weighted by Gasteiger charge is 2.29. The van der Waals surface area contributed by atoms with Crippen LogP contribution in [-0.4, -0.2) is 10.8 Å². The van der Waals surface area contributed by atoms with Gasteiger partial charge in [-0.1, -0.05) is 18.2 Å². The van der Waals surface area contributed by atoms with Gasteiger partial charge in [-0.3, -0.25) is 14.9 Å². The third kappa shape index (κ3) is 4.66. The summed E-state index contributed by atoms with van der Waals surface area (Å²) in [7, 11) is 0. The van der Waals surface area contributed by atoms with Crippen LogP contribution in [0.3, 0.4) is 0 Å². The average molecular weight is 350 g/mol. The van der Waals surface area contributed by atoms with Gasteiger partial charge in [-0.05, 0) is 36.8 Å². The van der Waals surface area contributed by atoms with Gasteiger partial charge in [0.1, 0.15) is 0 Å². The highest BCUT2D eigenvalue weighted by atomic mass is 19.4.